The van der Waals surface area contributed by atoms with Gasteiger partial charge in [-0.3, -0.25) is 14.9 Å². The molecule has 0 aromatic heterocycles. The van der Waals surface area contributed by atoms with Crippen LogP contribution in [0.25, 0.3) is 0 Å². The highest BCUT2D eigenvalue weighted by molar-refractivity contribution is 5.96. The van der Waals surface area contributed by atoms with Crippen LogP contribution in [0.1, 0.15) is 34.9 Å². The van der Waals surface area contributed by atoms with Crippen LogP contribution >= 0.6 is 0 Å². The molecule has 1 amide bonds. The minimum absolute atomic E-state index is 0.000573. The number of rotatable bonds is 4. The van der Waals surface area contributed by atoms with Gasteiger partial charge >= 0.3 is 0 Å². The zero-order chi connectivity index (χ0) is 19.5. The van der Waals surface area contributed by atoms with E-state index in [1.807, 2.05) is 35.2 Å². The largest absolute Gasteiger partial charge is 0.370 e. The molecule has 2 heterocycles. The summed E-state index contributed by atoms with van der Waals surface area (Å²) in [6, 6.07) is 14.6. The Hall–Kier alpha value is -2.93. The number of benzene rings is 2. The lowest BCUT2D eigenvalue weighted by molar-refractivity contribution is -0.384. The Balaban J connectivity index is 1.55. The van der Waals surface area contributed by atoms with Crippen molar-refractivity contribution >= 4 is 17.3 Å². The molecule has 2 aliphatic rings. The Labute approximate surface area is 163 Å². The first kappa shape index (κ1) is 18.4. The SMILES string of the molecule is O=C(c1ccc(N2CCCC2)c([N+](=O)[O-])c1)N1CCOC(c2ccccc2)C1. The van der Waals surface area contributed by atoms with E-state index in [1.54, 1.807) is 17.0 Å². The highest BCUT2D eigenvalue weighted by atomic mass is 16.6. The fourth-order valence-electron chi connectivity index (χ4n) is 3.91. The smallest absolute Gasteiger partial charge is 0.293 e. The van der Waals surface area contributed by atoms with Crippen molar-refractivity contribution in [1.29, 1.82) is 0 Å². The highest BCUT2D eigenvalue weighted by Gasteiger charge is 2.29. The Morgan fingerprint density at radius 2 is 1.82 bits per heavy atom. The van der Waals surface area contributed by atoms with Gasteiger partial charge < -0.3 is 14.5 Å². The van der Waals surface area contributed by atoms with Crippen molar-refractivity contribution in [2.75, 3.05) is 37.7 Å². The second kappa shape index (κ2) is 7.98. The van der Waals surface area contributed by atoms with Crippen molar-refractivity contribution < 1.29 is 14.5 Å². The van der Waals surface area contributed by atoms with Gasteiger partial charge in [0.25, 0.3) is 11.6 Å². The lowest BCUT2D eigenvalue weighted by Crippen LogP contribution is -2.42. The standard InChI is InChI=1S/C21H23N3O4/c25-21(23-12-13-28-20(15-23)16-6-2-1-3-7-16)17-8-9-18(19(14-17)24(26)27)22-10-4-5-11-22/h1-3,6-9,14,20H,4-5,10-13,15H2. The molecular weight excluding hydrogens is 358 g/mol. The molecule has 2 fully saturated rings. The molecule has 1 atom stereocenters. The normalized spacial score (nSPS) is 19.6. The Morgan fingerprint density at radius 1 is 1.07 bits per heavy atom. The number of carbonyl (C=O) groups excluding carboxylic acids is 1. The van der Waals surface area contributed by atoms with Gasteiger partial charge in [0.1, 0.15) is 11.8 Å². The molecule has 2 aromatic rings. The predicted molar refractivity (Wildman–Crippen MR) is 106 cm³/mol. The van der Waals surface area contributed by atoms with Gasteiger partial charge in [-0.15, -0.1) is 0 Å². The molecular formula is C21H23N3O4. The molecule has 28 heavy (non-hydrogen) atoms. The Morgan fingerprint density at radius 3 is 2.54 bits per heavy atom. The lowest BCUT2D eigenvalue weighted by atomic mass is 10.1. The van der Waals surface area contributed by atoms with E-state index < -0.39 is 4.92 Å². The fraction of sp³-hybridized carbons (Fsp3) is 0.381. The average Bonchev–Trinajstić information content (AvgIpc) is 3.28. The molecule has 0 spiro atoms. The first-order valence-electron chi connectivity index (χ1n) is 9.63. The summed E-state index contributed by atoms with van der Waals surface area (Å²) in [5.74, 6) is -0.194. The summed E-state index contributed by atoms with van der Waals surface area (Å²) in [6.45, 7) is 2.99. The van der Waals surface area contributed by atoms with Gasteiger partial charge in [0, 0.05) is 31.3 Å². The fourth-order valence-corrected chi connectivity index (χ4v) is 3.91. The van der Waals surface area contributed by atoms with Crippen LogP contribution in [0.15, 0.2) is 48.5 Å². The number of morpholine rings is 1. The van der Waals surface area contributed by atoms with Crippen LogP contribution in [0, 0.1) is 10.1 Å². The summed E-state index contributed by atoms with van der Waals surface area (Å²) in [5, 5.41) is 11.6. The molecule has 2 aliphatic heterocycles. The van der Waals surface area contributed by atoms with Gasteiger partial charge in [0.2, 0.25) is 0 Å². The van der Waals surface area contributed by atoms with Crippen LogP contribution in [0.5, 0.6) is 0 Å². The summed E-state index contributed by atoms with van der Waals surface area (Å²) in [4.78, 5) is 28.0. The molecule has 2 aromatic carbocycles. The maximum Gasteiger partial charge on any atom is 0.293 e. The van der Waals surface area contributed by atoms with Crippen LogP contribution in [-0.4, -0.2) is 48.5 Å². The number of amides is 1. The molecule has 0 radical (unpaired) electrons. The monoisotopic (exact) mass is 381 g/mol. The lowest BCUT2D eigenvalue weighted by Gasteiger charge is -2.33. The number of hydrogen-bond donors (Lipinski definition) is 0. The van der Waals surface area contributed by atoms with E-state index in [9.17, 15) is 14.9 Å². The third kappa shape index (κ3) is 3.71. The minimum Gasteiger partial charge on any atom is -0.370 e. The summed E-state index contributed by atoms with van der Waals surface area (Å²) in [7, 11) is 0. The molecule has 0 N–H and O–H groups in total. The van der Waals surface area contributed by atoms with Crippen LogP contribution in [-0.2, 0) is 4.74 Å². The molecule has 1 unspecified atom stereocenters. The van der Waals surface area contributed by atoms with Crippen LogP contribution in [0.3, 0.4) is 0 Å². The molecule has 7 nitrogen and oxygen atoms in total. The maximum absolute atomic E-state index is 13.0. The molecule has 2 saturated heterocycles. The number of carbonyl (C=O) groups is 1. The van der Waals surface area contributed by atoms with Crippen molar-refractivity contribution in [3.63, 3.8) is 0 Å². The van der Waals surface area contributed by atoms with Gasteiger partial charge in [-0.05, 0) is 30.5 Å². The maximum atomic E-state index is 13.0. The van der Waals surface area contributed by atoms with Crippen LogP contribution in [0.2, 0.25) is 0 Å². The summed E-state index contributed by atoms with van der Waals surface area (Å²) < 4.78 is 5.82. The zero-order valence-corrected chi connectivity index (χ0v) is 15.6. The van der Waals surface area contributed by atoms with Gasteiger partial charge in [-0.25, -0.2) is 0 Å². The summed E-state index contributed by atoms with van der Waals surface area (Å²) >= 11 is 0. The second-order valence-electron chi connectivity index (χ2n) is 7.18. The van der Waals surface area contributed by atoms with Crippen LogP contribution in [0.4, 0.5) is 11.4 Å². The third-order valence-corrected chi connectivity index (χ3v) is 5.39. The van der Waals surface area contributed by atoms with Gasteiger partial charge in [-0.1, -0.05) is 30.3 Å². The van der Waals surface area contributed by atoms with E-state index in [0.717, 1.165) is 31.5 Å². The van der Waals surface area contributed by atoms with Gasteiger partial charge in [0.05, 0.1) is 18.1 Å². The summed E-state index contributed by atoms with van der Waals surface area (Å²) in [5.41, 5.74) is 1.97. The van der Waals surface area contributed by atoms with Crippen molar-refractivity contribution in [1.82, 2.24) is 4.90 Å². The highest BCUT2D eigenvalue weighted by Crippen LogP contribution is 2.32. The van der Waals surface area contributed by atoms with Crippen molar-refractivity contribution in [2.24, 2.45) is 0 Å². The Bertz CT molecular complexity index is 865. The second-order valence-corrected chi connectivity index (χ2v) is 7.18. The van der Waals surface area contributed by atoms with Gasteiger partial charge in [-0.2, -0.15) is 0 Å². The van der Waals surface area contributed by atoms with Crippen LogP contribution < -0.4 is 4.90 Å². The van der Waals surface area contributed by atoms with E-state index in [1.165, 1.54) is 6.07 Å². The molecule has 0 saturated carbocycles. The van der Waals surface area contributed by atoms with Gasteiger partial charge in [0.15, 0.2) is 0 Å². The van der Waals surface area contributed by atoms with E-state index in [0.29, 0.717) is 30.9 Å². The van der Waals surface area contributed by atoms with E-state index >= 15 is 0 Å². The molecule has 146 valence electrons. The molecule has 7 heteroatoms. The first-order valence-corrected chi connectivity index (χ1v) is 9.63. The Kier molecular flexibility index (Phi) is 5.25. The van der Waals surface area contributed by atoms with Crippen molar-refractivity contribution in [3.05, 3.63) is 69.8 Å². The van der Waals surface area contributed by atoms with E-state index in [4.69, 9.17) is 4.74 Å². The minimum atomic E-state index is -0.392. The van der Waals surface area contributed by atoms with E-state index in [2.05, 4.69) is 0 Å². The zero-order valence-electron chi connectivity index (χ0n) is 15.6. The number of hydrogen-bond acceptors (Lipinski definition) is 5. The average molecular weight is 381 g/mol. The van der Waals surface area contributed by atoms with E-state index in [-0.39, 0.29) is 17.7 Å². The third-order valence-electron chi connectivity index (χ3n) is 5.39. The molecule has 4 rings (SSSR count). The molecule has 0 bridgehead atoms. The number of nitro benzene ring substituents is 1. The quantitative estimate of drug-likeness (QED) is 0.599. The van der Waals surface area contributed by atoms with Crippen molar-refractivity contribution in [3.8, 4) is 0 Å². The number of nitro groups is 1. The predicted octanol–water partition coefficient (Wildman–Crippen LogP) is 3.41. The number of ether oxygens (including phenoxy) is 1. The number of anilines is 1. The number of nitrogens with zero attached hydrogens (tertiary/aromatic N) is 3. The van der Waals surface area contributed by atoms with Crippen molar-refractivity contribution in [2.45, 2.75) is 18.9 Å². The topological polar surface area (TPSA) is 75.9 Å². The molecule has 0 aliphatic carbocycles. The first-order chi connectivity index (χ1) is 13.6. The summed E-state index contributed by atoms with van der Waals surface area (Å²) in [6.07, 6.45) is 1.89.